The number of aryl methyl sites for hydroxylation is 1. The molecule has 0 spiro atoms. The lowest BCUT2D eigenvalue weighted by atomic mass is 9.83. The monoisotopic (exact) mass is 323 g/mol. The second kappa shape index (κ2) is 5.85. The SMILES string of the molecule is CC1=CC[C@H]2CN(C(=O)c3ccc(-c4nnn(C)n4)cc3)C[C@H]2C1. The summed E-state index contributed by atoms with van der Waals surface area (Å²) in [6, 6.07) is 7.50. The first kappa shape index (κ1) is 15.1. The zero-order chi connectivity index (χ0) is 16.7. The first-order chi connectivity index (χ1) is 11.6. The fraction of sp³-hybridized carbons (Fsp3) is 0.444. The van der Waals surface area contributed by atoms with Crippen LogP contribution in [0, 0.1) is 11.8 Å². The van der Waals surface area contributed by atoms with Gasteiger partial charge in [0.1, 0.15) is 0 Å². The predicted octanol–water partition coefficient (Wildman–Crippen LogP) is 2.31. The highest BCUT2D eigenvalue weighted by Gasteiger charge is 2.36. The van der Waals surface area contributed by atoms with Crippen molar-refractivity contribution in [2.45, 2.75) is 19.8 Å². The molecule has 6 heteroatoms. The molecule has 1 aliphatic heterocycles. The molecule has 1 fully saturated rings. The van der Waals surface area contributed by atoms with Gasteiger partial charge in [-0.1, -0.05) is 23.8 Å². The summed E-state index contributed by atoms with van der Waals surface area (Å²) in [5.41, 5.74) is 3.06. The smallest absolute Gasteiger partial charge is 0.253 e. The van der Waals surface area contributed by atoms with Crippen molar-refractivity contribution in [2.24, 2.45) is 18.9 Å². The predicted molar refractivity (Wildman–Crippen MR) is 90.1 cm³/mol. The number of allylic oxidation sites excluding steroid dienone is 2. The molecule has 6 nitrogen and oxygen atoms in total. The number of tetrazole rings is 1. The first-order valence-corrected chi connectivity index (χ1v) is 8.39. The largest absolute Gasteiger partial charge is 0.338 e. The van der Waals surface area contributed by atoms with Crippen LogP contribution in [0.2, 0.25) is 0 Å². The van der Waals surface area contributed by atoms with Crippen LogP contribution in [0.3, 0.4) is 0 Å². The molecule has 4 rings (SSSR count). The highest BCUT2D eigenvalue weighted by atomic mass is 16.2. The van der Waals surface area contributed by atoms with E-state index in [1.807, 2.05) is 29.2 Å². The van der Waals surface area contributed by atoms with E-state index in [9.17, 15) is 4.79 Å². The van der Waals surface area contributed by atoms with Gasteiger partial charge in [0.05, 0.1) is 7.05 Å². The van der Waals surface area contributed by atoms with Gasteiger partial charge in [0, 0.05) is 24.2 Å². The number of aromatic nitrogens is 4. The first-order valence-electron chi connectivity index (χ1n) is 8.39. The molecule has 24 heavy (non-hydrogen) atoms. The van der Waals surface area contributed by atoms with Crippen LogP contribution in [0.25, 0.3) is 11.4 Å². The van der Waals surface area contributed by atoms with Crippen molar-refractivity contribution in [1.82, 2.24) is 25.1 Å². The summed E-state index contributed by atoms with van der Waals surface area (Å²) in [6.45, 7) is 3.95. The molecule has 1 aliphatic carbocycles. The van der Waals surface area contributed by atoms with Crippen LogP contribution in [-0.4, -0.2) is 44.1 Å². The summed E-state index contributed by atoms with van der Waals surface area (Å²) in [4.78, 5) is 16.2. The number of likely N-dealkylation sites (tertiary alicyclic amines) is 1. The number of carbonyl (C=O) groups excluding carboxylic acids is 1. The van der Waals surface area contributed by atoms with E-state index in [2.05, 4.69) is 28.4 Å². The minimum atomic E-state index is 0.126. The number of carbonyl (C=O) groups is 1. The average Bonchev–Trinajstić information content (AvgIpc) is 3.20. The lowest BCUT2D eigenvalue weighted by Crippen LogP contribution is -2.28. The molecule has 0 unspecified atom stereocenters. The van der Waals surface area contributed by atoms with Crippen molar-refractivity contribution >= 4 is 5.91 Å². The Hall–Kier alpha value is -2.50. The maximum atomic E-state index is 12.8. The van der Waals surface area contributed by atoms with E-state index in [4.69, 9.17) is 0 Å². The van der Waals surface area contributed by atoms with Crippen LogP contribution >= 0.6 is 0 Å². The van der Waals surface area contributed by atoms with Crippen molar-refractivity contribution < 1.29 is 4.79 Å². The van der Waals surface area contributed by atoms with Crippen LogP contribution in [0.5, 0.6) is 0 Å². The van der Waals surface area contributed by atoms with Gasteiger partial charge in [0.25, 0.3) is 5.91 Å². The van der Waals surface area contributed by atoms with Gasteiger partial charge in [-0.3, -0.25) is 4.79 Å². The summed E-state index contributed by atoms with van der Waals surface area (Å²) in [5, 5.41) is 12.0. The number of amides is 1. The Morgan fingerprint density at radius 1 is 1.17 bits per heavy atom. The van der Waals surface area contributed by atoms with E-state index in [-0.39, 0.29) is 5.91 Å². The van der Waals surface area contributed by atoms with Crippen molar-refractivity contribution in [2.75, 3.05) is 13.1 Å². The topological polar surface area (TPSA) is 63.9 Å². The highest BCUT2D eigenvalue weighted by molar-refractivity contribution is 5.94. The van der Waals surface area contributed by atoms with E-state index in [0.717, 1.165) is 37.1 Å². The van der Waals surface area contributed by atoms with Gasteiger partial charge in [0.15, 0.2) is 0 Å². The minimum absolute atomic E-state index is 0.126. The normalized spacial score (nSPS) is 23.1. The van der Waals surface area contributed by atoms with E-state index in [1.165, 1.54) is 10.4 Å². The standard InChI is InChI=1S/C18H21N5O/c1-12-3-4-15-10-23(11-16(15)9-12)18(24)14-7-5-13(6-8-14)17-19-21-22(2)20-17/h3,5-8,15-16H,4,9-11H2,1-2H3/t15-,16+/m0/s1. The van der Waals surface area contributed by atoms with Gasteiger partial charge in [-0.25, -0.2) is 0 Å². The summed E-state index contributed by atoms with van der Waals surface area (Å²) >= 11 is 0. The molecule has 124 valence electrons. The molecule has 0 N–H and O–H groups in total. The fourth-order valence-electron chi connectivity index (χ4n) is 3.80. The lowest BCUT2D eigenvalue weighted by molar-refractivity contribution is 0.0784. The molecule has 2 heterocycles. The fourth-order valence-corrected chi connectivity index (χ4v) is 3.80. The van der Waals surface area contributed by atoms with Crippen molar-refractivity contribution in [3.63, 3.8) is 0 Å². The summed E-state index contributed by atoms with van der Waals surface area (Å²) in [6.07, 6.45) is 4.57. The Morgan fingerprint density at radius 3 is 2.62 bits per heavy atom. The number of rotatable bonds is 2. The summed E-state index contributed by atoms with van der Waals surface area (Å²) < 4.78 is 0. The highest BCUT2D eigenvalue weighted by Crippen LogP contribution is 2.36. The molecule has 1 aromatic heterocycles. The molecule has 2 atom stereocenters. The Kier molecular flexibility index (Phi) is 3.67. The number of hydrogen-bond acceptors (Lipinski definition) is 4. The van der Waals surface area contributed by atoms with Crippen molar-refractivity contribution in [3.05, 3.63) is 41.5 Å². The second-order valence-electron chi connectivity index (χ2n) is 6.90. The quantitative estimate of drug-likeness (QED) is 0.796. The molecular weight excluding hydrogens is 302 g/mol. The van der Waals surface area contributed by atoms with Crippen molar-refractivity contribution in [1.29, 1.82) is 0 Å². The van der Waals surface area contributed by atoms with Gasteiger partial charge >= 0.3 is 0 Å². The van der Waals surface area contributed by atoms with Crippen LogP contribution in [0.4, 0.5) is 0 Å². The molecular formula is C18H21N5O. The maximum absolute atomic E-state index is 12.8. The zero-order valence-electron chi connectivity index (χ0n) is 14.0. The Labute approximate surface area is 141 Å². The van der Waals surface area contributed by atoms with Crippen LogP contribution in [0.15, 0.2) is 35.9 Å². The van der Waals surface area contributed by atoms with Crippen LogP contribution in [-0.2, 0) is 7.05 Å². The zero-order valence-corrected chi connectivity index (χ0v) is 14.0. The van der Waals surface area contributed by atoms with Gasteiger partial charge < -0.3 is 4.90 Å². The Bertz CT molecular complexity index is 792. The van der Waals surface area contributed by atoms with Crippen molar-refractivity contribution in [3.8, 4) is 11.4 Å². The number of fused-ring (bicyclic) bond motifs is 1. The Balaban J connectivity index is 1.47. The maximum Gasteiger partial charge on any atom is 0.253 e. The van der Waals surface area contributed by atoms with Gasteiger partial charge in [-0.2, -0.15) is 4.80 Å². The lowest BCUT2D eigenvalue weighted by Gasteiger charge is -2.21. The molecule has 0 bridgehead atoms. The molecule has 2 aromatic rings. The summed E-state index contributed by atoms with van der Waals surface area (Å²) in [7, 11) is 1.73. The van der Waals surface area contributed by atoms with E-state index in [1.54, 1.807) is 7.05 Å². The molecule has 1 aromatic carbocycles. The third kappa shape index (κ3) is 2.72. The van der Waals surface area contributed by atoms with Crippen LogP contribution in [0.1, 0.15) is 30.1 Å². The second-order valence-corrected chi connectivity index (χ2v) is 6.90. The number of benzene rings is 1. The molecule has 0 saturated carbocycles. The van der Waals surface area contributed by atoms with E-state index in [0.29, 0.717) is 17.7 Å². The molecule has 1 saturated heterocycles. The van der Waals surface area contributed by atoms with Crippen LogP contribution < -0.4 is 0 Å². The third-order valence-corrected chi connectivity index (χ3v) is 5.12. The Morgan fingerprint density at radius 2 is 1.92 bits per heavy atom. The third-order valence-electron chi connectivity index (χ3n) is 5.12. The minimum Gasteiger partial charge on any atom is -0.338 e. The summed E-state index contributed by atoms with van der Waals surface area (Å²) in [5.74, 6) is 1.95. The number of hydrogen-bond donors (Lipinski definition) is 0. The number of nitrogens with zero attached hydrogens (tertiary/aromatic N) is 5. The average molecular weight is 323 g/mol. The van der Waals surface area contributed by atoms with E-state index >= 15 is 0 Å². The van der Waals surface area contributed by atoms with Gasteiger partial charge in [0.2, 0.25) is 5.82 Å². The molecule has 0 radical (unpaired) electrons. The van der Waals surface area contributed by atoms with Gasteiger partial charge in [-0.05, 0) is 48.9 Å². The molecule has 2 aliphatic rings. The van der Waals surface area contributed by atoms with Gasteiger partial charge in [-0.15, -0.1) is 10.2 Å². The molecule has 1 amide bonds. The van der Waals surface area contributed by atoms with E-state index < -0.39 is 0 Å².